The van der Waals surface area contributed by atoms with Crippen LogP contribution in [0.4, 0.5) is 0 Å². The lowest BCUT2D eigenvalue weighted by Crippen LogP contribution is -2.60. The van der Waals surface area contributed by atoms with Gasteiger partial charge in [-0.05, 0) is 92.2 Å². The minimum Gasteiger partial charge on any atom is -0.453 e. The van der Waals surface area contributed by atoms with Crippen LogP contribution in [0.15, 0.2) is 69.9 Å². The van der Waals surface area contributed by atoms with Crippen molar-refractivity contribution in [3.05, 3.63) is 69.9 Å². The number of aliphatic hydroxyl groups is 5. The number of allylic oxidation sites excluding steroid dienone is 2. The van der Waals surface area contributed by atoms with Gasteiger partial charge in [0.05, 0.1) is 19.8 Å². The fourth-order valence-electron chi connectivity index (χ4n) is 8.22. The number of hydrogen-bond donors (Lipinski definition) is 5. The van der Waals surface area contributed by atoms with Crippen LogP contribution in [-0.2, 0) is 38.1 Å². The van der Waals surface area contributed by atoms with Crippen LogP contribution in [0.5, 0.6) is 0 Å². The Bertz CT molecular complexity index is 1640. The van der Waals surface area contributed by atoms with Crippen LogP contribution < -0.4 is 0 Å². The highest BCUT2D eigenvalue weighted by Crippen LogP contribution is 2.51. The number of aliphatic hydroxyl groups excluding tert-OH is 4. The molecule has 13 heteroatoms. The molecular formula is C36H42O13. The highest BCUT2D eigenvalue weighted by molar-refractivity contribution is 6.12. The van der Waals surface area contributed by atoms with E-state index in [2.05, 4.69) is 13.2 Å². The smallest absolute Gasteiger partial charge is 0.334 e. The van der Waals surface area contributed by atoms with Crippen molar-refractivity contribution in [3.63, 3.8) is 0 Å². The van der Waals surface area contributed by atoms with Gasteiger partial charge in [-0.15, -0.1) is 0 Å². The minimum atomic E-state index is -1.77. The summed E-state index contributed by atoms with van der Waals surface area (Å²) in [5, 5.41) is 53.7. The molecule has 0 unspecified atom stereocenters. The average Bonchev–Trinajstić information content (AvgIpc) is 3.27. The summed E-state index contributed by atoms with van der Waals surface area (Å²) >= 11 is 0. The summed E-state index contributed by atoms with van der Waals surface area (Å²) in [4.78, 5) is 51.8. The van der Waals surface area contributed by atoms with Crippen molar-refractivity contribution >= 4 is 23.5 Å². The summed E-state index contributed by atoms with van der Waals surface area (Å²) in [6, 6.07) is 0. The fraction of sp³-hybridized carbons (Fsp3) is 0.556. The predicted molar refractivity (Wildman–Crippen MR) is 169 cm³/mol. The Morgan fingerprint density at radius 2 is 1.65 bits per heavy atom. The van der Waals surface area contributed by atoms with E-state index in [4.69, 9.17) is 18.9 Å². The lowest BCUT2D eigenvalue weighted by Gasteiger charge is -2.41. The molecule has 6 rings (SSSR count). The van der Waals surface area contributed by atoms with Crippen molar-refractivity contribution in [2.24, 2.45) is 11.8 Å². The molecule has 2 aliphatic heterocycles. The van der Waals surface area contributed by atoms with Crippen LogP contribution in [-0.4, -0.2) is 111 Å². The molecule has 0 aromatic carbocycles. The number of ketones is 2. The monoisotopic (exact) mass is 682 g/mol. The van der Waals surface area contributed by atoms with E-state index in [9.17, 15) is 44.7 Å². The van der Waals surface area contributed by atoms with Gasteiger partial charge in [-0.1, -0.05) is 13.2 Å². The van der Waals surface area contributed by atoms with E-state index in [1.807, 2.05) is 0 Å². The van der Waals surface area contributed by atoms with E-state index < -0.39 is 78.8 Å². The van der Waals surface area contributed by atoms with Gasteiger partial charge in [0, 0.05) is 28.7 Å². The van der Waals surface area contributed by atoms with E-state index in [0.717, 1.165) is 0 Å². The van der Waals surface area contributed by atoms with Gasteiger partial charge in [0.1, 0.15) is 23.9 Å². The Labute approximate surface area is 282 Å². The van der Waals surface area contributed by atoms with Crippen molar-refractivity contribution in [2.75, 3.05) is 19.8 Å². The number of hydrogen-bond acceptors (Lipinski definition) is 13. The van der Waals surface area contributed by atoms with Crippen molar-refractivity contribution in [3.8, 4) is 0 Å². The topological polar surface area (TPSA) is 206 Å². The molecule has 9 atom stereocenters. The number of rotatable bonds is 8. The molecule has 6 aliphatic rings. The summed E-state index contributed by atoms with van der Waals surface area (Å²) in [6.45, 7) is 9.69. The maximum atomic E-state index is 13.4. The molecule has 0 aromatic heterocycles. The molecule has 13 nitrogen and oxygen atoms in total. The molecule has 264 valence electrons. The Morgan fingerprint density at radius 3 is 2.35 bits per heavy atom. The first-order chi connectivity index (χ1) is 23.2. The number of carbonyl (C=O) groups excluding carboxylic acids is 4. The number of ether oxygens (including phenoxy) is 4. The van der Waals surface area contributed by atoms with E-state index >= 15 is 0 Å². The maximum Gasteiger partial charge on any atom is 0.334 e. The second-order valence-corrected chi connectivity index (χ2v) is 13.9. The molecule has 0 amide bonds. The normalized spacial score (nSPS) is 37.6. The summed E-state index contributed by atoms with van der Waals surface area (Å²) in [7, 11) is 0. The molecule has 2 fully saturated rings. The van der Waals surface area contributed by atoms with Gasteiger partial charge in [-0.3, -0.25) is 9.59 Å². The average molecular weight is 683 g/mol. The molecule has 1 spiro atoms. The zero-order valence-electron chi connectivity index (χ0n) is 27.5. The van der Waals surface area contributed by atoms with Crippen molar-refractivity contribution in [1.82, 2.24) is 0 Å². The highest BCUT2D eigenvalue weighted by atomic mass is 16.7. The zero-order chi connectivity index (χ0) is 35.6. The third-order valence-electron chi connectivity index (χ3n) is 11.1. The highest BCUT2D eigenvalue weighted by Gasteiger charge is 2.55. The first kappa shape index (κ1) is 35.3. The molecule has 2 heterocycles. The van der Waals surface area contributed by atoms with Crippen LogP contribution in [0.3, 0.4) is 0 Å². The second-order valence-electron chi connectivity index (χ2n) is 13.9. The Morgan fingerprint density at radius 1 is 0.980 bits per heavy atom. The summed E-state index contributed by atoms with van der Waals surface area (Å²) in [5.74, 6) is -3.12. The Kier molecular flexibility index (Phi) is 9.33. The van der Waals surface area contributed by atoms with Gasteiger partial charge in [0.25, 0.3) is 0 Å². The van der Waals surface area contributed by atoms with E-state index in [0.29, 0.717) is 52.7 Å². The third-order valence-corrected chi connectivity index (χ3v) is 11.1. The van der Waals surface area contributed by atoms with Gasteiger partial charge in [-0.2, -0.15) is 0 Å². The fourth-order valence-corrected chi connectivity index (χ4v) is 8.22. The molecule has 2 bridgehead atoms. The summed E-state index contributed by atoms with van der Waals surface area (Å²) in [6.07, 6.45) is -3.43. The maximum absolute atomic E-state index is 13.4. The molecule has 4 aliphatic carbocycles. The molecular weight excluding hydrogens is 640 g/mol. The van der Waals surface area contributed by atoms with E-state index in [1.54, 1.807) is 13.8 Å². The van der Waals surface area contributed by atoms with Crippen molar-refractivity contribution < 1.29 is 63.7 Å². The van der Waals surface area contributed by atoms with Gasteiger partial charge < -0.3 is 44.5 Å². The Hall–Kier alpha value is -3.56. The lowest BCUT2D eigenvalue weighted by molar-refractivity contribution is -0.301. The minimum absolute atomic E-state index is 0.0645. The van der Waals surface area contributed by atoms with Crippen LogP contribution in [0.2, 0.25) is 0 Å². The van der Waals surface area contributed by atoms with Crippen LogP contribution >= 0.6 is 0 Å². The largest absolute Gasteiger partial charge is 0.453 e. The third kappa shape index (κ3) is 5.71. The van der Waals surface area contributed by atoms with Crippen molar-refractivity contribution in [2.45, 2.75) is 94.3 Å². The molecule has 0 saturated carbocycles. The summed E-state index contributed by atoms with van der Waals surface area (Å²) < 4.78 is 23.0. The quantitative estimate of drug-likeness (QED) is 0.177. The van der Waals surface area contributed by atoms with Crippen LogP contribution in [0.25, 0.3) is 0 Å². The first-order valence-electron chi connectivity index (χ1n) is 16.5. The van der Waals surface area contributed by atoms with Gasteiger partial charge in [0.15, 0.2) is 29.6 Å². The van der Waals surface area contributed by atoms with Gasteiger partial charge in [0.2, 0.25) is 0 Å². The second kappa shape index (κ2) is 13.0. The number of fused-ring (bicyclic) bond motifs is 2. The number of carbonyl (C=O) groups is 4. The zero-order valence-corrected chi connectivity index (χ0v) is 27.5. The molecule has 0 aromatic rings. The first-order valence-corrected chi connectivity index (χ1v) is 16.5. The predicted octanol–water partition coefficient (Wildman–Crippen LogP) is 0.737. The van der Waals surface area contributed by atoms with Crippen molar-refractivity contribution in [1.29, 1.82) is 0 Å². The molecule has 49 heavy (non-hydrogen) atoms. The van der Waals surface area contributed by atoms with E-state index in [1.165, 1.54) is 12.2 Å². The lowest BCUT2D eigenvalue weighted by atomic mass is 9.78. The van der Waals surface area contributed by atoms with Gasteiger partial charge in [-0.25, -0.2) is 9.59 Å². The summed E-state index contributed by atoms with van der Waals surface area (Å²) in [5.41, 5.74) is -0.346. The standard InChI is InChI=1S/C36H42O13/c1-16-9-24(39)27-22(13-37)7-5-20(11-35(16,27)45)18(3)32(43)48-31-26(14-38)47-34(30(42)29(31)41)46-15-23-8-6-21-12-36(49-33(44)19(21)4)17(2)10-25(40)28(23)36/h9-10,20-21,26,29-31,34,37-38,41-42,45H,3-8,11-15H2,1-2H3/t20-,21-,26+,29+,30+,31+,34+,35+,36+/m1/s1. The Balaban J connectivity index is 1.14. The molecule has 5 N–H and O–H groups in total. The van der Waals surface area contributed by atoms with Crippen LogP contribution in [0.1, 0.15) is 52.4 Å². The SMILES string of the molecule is C=C(C(=O)O[C@@H]1[C@@H](O)[C@H](O)[C@@H](OCC2=C3C(=O)C=C(C)[C@@]34C[C@@H](CC2)C(=C)C(=O)O4)O[C@H]1CO)[C@@H]1CCC(CO)=C2C(=O)C=C(C)[C@@]2(O)C1. The molecule has 2 saturated heterocycles. The van der Waals surface area contributed by atoms with Gasteiger partial charge >= 0.3 is 11.9 Å². The van der Waals surface area contributed by atoms with Crippen LogP contribution in [0, 0.1) is 11.8 Å². The number of esters is 2. The van der Waals surface area contributed by atoms with E-state index in [-0.39, 0.29) is 48.7 Å². The molecule has 0 radical (unpaired) electrons.